The van der Waals surface area contributed by atoms with Crippen LogP contribution in [-0.4, -0.2) is 60.3 Å². The second-order valence-corrected chi connectivity index (χ2v) is 7.13. The summed E-state index contributed by atoms with van der Waals surface area (Å²) in [7, 11) is 4.63. The number of methoxy groups -OCH3 is 3. The summed E-state index contributed by atoms with van der Waals surface area (Å²) < 4.78 is 17.7. The Morgan fingerprint density at radius 3 is 2.27 bits per heavy atom. The first-order chi connectivity index (χ1) is 15.9. The SMILES string of the molecule is COc1cc(/C=C/C(=O)NCCNc2ccc(-n3nc(C)cc3C)nn2)cc(OC)c1OC. The Hall–Kier alpha value is -4.08. The first-order valence-corrected chi connectivity index (χ1v) is 10.3. The highest BCUT2D eigenvalue weighted by Crippen LogP contribution is 2.38. The van der Waals surface area contributed by atoms with Gasteiger partial charge in [-0.1, -0.05) is 0 Å². The lowest BCUT2D eigenvalue weighted by Gasteiger charge is -2.12. The Morgan fingerprint density at radius 1 is 1.00 bits per heavy atom. The summed E-state index contributed by atoms with van der Waals surface area (Å²) in [6.07, 6.45) is 3.13. The minimum Gasteiger partial charge on any atom is -0.493 e. The maximum Gasteiger partial charge on any atom is 0.244 e. The molecule has 174 valence electrons. The van der Waals surface area contributed by atoms with Crippen molar-refractivity contribution in [3.63, 3.8) is 0 Å². The summed E-state index contributed by atoms with van der Waals surface area (Å²) in [4.78, 5) is 12.1. The molecule has 1 aromatic carbocycles. The fourth-order valence-electron chi connectivity index (χ4n) is 3.20. The molecule has 0 saturated carbocycles. The second kappa shape index (κ2) is 11.0. The summed E-state index contributed by atoms with van der Waals surface area (Å²) in [5.74, 6) is 2.58. The molecule has 2 aromatic heterocycles. The molecule has 0 saturated heterocycles. The monoisotopic (exact) mass is 452 g/mol. The van der Waals surface area contributed by atoms with Crippen molar-refractivity contribution < 1.29 is 19.0 Å². The van der Waals surface area contributed by atoms with Crippen molar-refractivity contribution in [2.45, 2.75) is 13.8 Å². The molecule has 0 aliphatic heterocycles. The number of hydrogen-bond donors (Lipinski definition) is 2. The molecule has 0 fully saturated rings. The first-order valence-electron chi connectivity index (χ1n) is 10.3. The fraction of sp³-hybridized carbons (Fsp3) is 0.304. The van der Waals surface area contributed by atoms with Crippen LogP contribution in [0.25, 0.3) is 11.9 Å². The van der Waals surface area contributed by atoms with Gasteiger partial charge in [0.1, 0.15) is 5.82 Å². The molecule has 0 bridgehead atoms. The Bertz CT molecular complexity index is 1100. The average Bonchev–Trinajstić information content (AvgIpc) is 3.17. The number of amides is 1. The lowest BCUT2D eigenvalue weighted by atomic mass is 10.1. The molecule has 2 heterocycles. The second-order valence-electron chi connectivity index (χ2n) is 7.13. The Labute approximate surface area is 192 Å². The van der Waals surface area contributed by atoms with Crippen molar-refractivity contribution in [1.82, 2.24) is 25.3 Å². The number of carbonyl (C=O) groups excluding carboxylic acids is 1. The topological polar surface area (TPSA) is 112 Å². The molecule has 2 N–H and O–H groups in total. The van der Waals surface area contributed by atoms with E-state index >= 15 is 0 Å². The molecule has 3 aromatic rings. The minimum absolute atomic E-state index is 0.225. The highest BCUT2D eigenvalue weighted by molar-refractivity contribution is 5.91. The van der Waals surface area contributed by atoms with Gasteiger partial charge in [0.2, 0.25) is 11.7 Å². The van der Waals surface area contributed by atoms with Crippen LogP contribution in [0.1, 0.15) is 17.0 Å². The lowest BCUT2D eigenvalue weighted by molar-refractivity contribution is -0.116. The van der Waals surface area contributed by atoms with Gasteiger partial charge in [0.05, 0.1) is 27.0 Å². The molecule has 10 nitrogen and oxygen atoms in total. The summed E-state index contributed by atoms with van der Waals surface area (Å²) in [5, 5.41) is 18.7. The van der Waals surface area contributed by atoms with Gasteiger partial charge in [-0.25, -0.2) is 4.68 Å². The molecule has 3 rings (SSSR count). The first kappa shape index (κ1) is 23.6. The van der Waals surface area contributed by atoms with Gasteiger partial charge in [-0.2, -0.15) is 5.10 Å². The molecule has 0 spiro atoms. The number of nitrogens with one attached hydrogen (secondary N) is 2. The van der Waals surface area contributed by atoms with E-state index in [1.807, 2.05) is 32.0 Å². The highest BCUT2D eigenvalue weighted by Gasteiger charge is 2.12. The molecule has 33 heavy (non-hydrogen) atoms. The van der Waals surface area contributed by atoms with Gasteiger partial charge in [-0.05, 0) is 55.8 Å². The van der Waals surface area contributed by atoms with E-state index in [1.165, 1.54) is 6.08 Å². The van der Waals surface area contributed by atoms with Crippen molar-refractivity contribution in [3.8, 4) is 23.1 Å². The zero-order chi connectivity index (χ0) is 23.8. The van der Waals surface area contributed by atoms with Gasteiger partial charge in [-0.3, -0.25) is 4.79 Å². The van der Waals surface area contributed by atoms with Gasteiger partial charge < -0.3 is 24.8 Å². The fourth-order valence-corrected chi connectivity index (χ4v) is 3.20. The van der Waals surface area contributed by atoms with Crippen molar-refractivity contribution in [2.24, 2.45) is 0 Å². The number of anilines is 1. The van der Waals surface area contributed by atoms with Crippen LogP contribution in [0.15, 0.2) is 36.4 Å². The van der Waals surface area contributed by atoms with Gasteiger partial charge >= 0.3 is 0 Å². The maximum absolute atomic E-state index is 12.1. The molecule has 10 heteroatoms. The van der Waals surface area contributed by atoms with Gasteiger partial charge in [-0.15, -0.1) is 10.2 Å². The standard InChI is InChI=1S/C23H28N6O4/c1-15-12-16(2)29(28-15)21-8-7-20(26-27-21)24-10-11-25-22(30)9-6-17-13-18(31-3)23(33-5)19(14-17)32-4/h6-9,12-14H,10-11H2,1-5H3,(H,24,26)(H,25,30)/b9-6+. The van der Waals surface area contributed by atoms with E-state index in [9.17, 15) is 4.79 Å². The maximum atomic E-state index is 12.1. The normalized spacial score (nSPS) is 10.8. The van der Waals surface area contributed by atoms with Gasteiger partial charge in [0.25, 0.3) is 0 Å². The van der Waals surface area contributed by atoms with Crippen molar-refractivity contribution in [3.05, 3.63) is 53.4 Å². The average molecular weight is 453 g/mol. The molecular weight excluding hydrogens is 424 g/mol. The van der Waals surface area contributed by atoms with Crippen molar-refractivity contribution in [2.75, 3.05) is 39.7 Å². The third kappa shape index (κ3) is 6.00. The third-order valence-electron chi connectivity index (χ3n) is 4.72. The summed E-state index contributed by atoms with van der Waals surface area (Å²) in [5.41, 5.74) is 2.66. The number of aromatic nitrogens is 4. The van der Waals surface area contributed by atoms with Crippen LogP contribution in [0.2, 0.25) is 0 Å². The predicted octanol–water partition coefficient (Wildman–Crippen LogP) is 2.55. The van der Waals surface area contributed by atoms with Gasteiger partial charge in [0.15, 0.2) is 17.3 Å². The van der Waals surface area contributed by atoms with E-state index in [0.29, 0.717) is 42.0 Å². The molecular formula is C23H28N6O4. The lowest BCUT2D eigenvalue weighted by Crippen LogP contribution is -2.27. The number of nitrogens with zero attached hydrogens (tertiary/aromatic N) is 4. The van der Waals surface area contributed by atoms with Crippen molar-refractivity contribution >= 4 is 17.8 Å². The smallest absolute Gasteiger partial charge is 0.244 e. The van der Waals surface area contributed by atoms with E-state index in [0.717, 1.165) is 17.0 Å². The predicted molar refractivity (Wildman–Crippen MR) is 125 cm³/mol. The summed E-state index contributed by atoms with van der Waals surface area (Å²) in [6.45, 7) is 4.81. The van der Waals surface area contributed by atoms with E-state index in [-0.39, 0.29) is 5.91 Å². The van der Waals surface area contributed by atoms with Crippen LogP contribution in [0.4, 0.5) is 5.82 Å². The number of carbonyl (C=O) groups is 1. The van der Waals surface area contributed by atoms with Crippen LogP contribution in [0.3, 0.4) is 0 Å². The molecule has 1 amide bonds. The largest absolute Gasteiger partial charge is 0.493 e. The van der Waals surface area contributed by atoms with Crippen LogP contribution in [-0.2, 0) is 4.79 Å². The number of hydrogen-bond acceptors (Lipinski definition) is 8. The van der Waals surface area contributed by atoms with Crippen LogP contribution >= 0.6 is 0 Å². The number of benzene rings is 1. The van der Waals surface area contributed by atoms with Crippen molar-refractivity contribution in [1.29, 1.82) is 0 Å². The van der Waals surface area contributed by atoms with E-state index in [4.69, 9.17) is 14.2 Å². The van der Waals surface area contributed by atoms with E-state index < -0.39 is 0 Å². The number of ether oxygens (including phenoxy) is 3. The highest BCUT2D eigenvalue weighted by atomic mass is 16.5. The molecule has 0 atom stereocenters. The number of rotatable bonds is 10. The quantitative estimate of drug-likeness (QED) is 0.357. The molecule has 0 unspecified atom stereocenters. The zero-order valence-electron chi connectivity index (χ0n) is 19.4. The van der Waals surface area contributed by atoms with Crippen LogP contribution in [0.5, 0.6) is 17.2 Å². The van der Waals surface area contributed by atoms with Crippen LogP contribution < -0.4 is 24.8 Å². The molecule has 0 radical (unpaired) electrons. The summed E-state index contributed by atoms with van der Waals surface area (Å²) in [6, 6.07) is 9.17. The summed E-state index contributed by atoms with van der Waals surface area (Å²) >= 11 is 0. The zero-order valence-corrected chi connectivity index (χ0v) is 19.4. The Balaban J connectivity index is 1.49. The molecule has 0 aliphatic carbocycles. The van der Waals surface area contributed by atoms with E-state index in [2.05, 4.69) is 25.9 Å². The van der Waals surface area contributed by atoms with Crippen LogP contribution in [0, 0.1) is 13.8 Å². The molecule has 0 aliphatic rings. The van der Waals surface area contributed by atoms with E-state index in [1.54, 1.807) is 44.2 Å². The van der Waals surface area contributed by atoms with Gasteiger partial charge in [0, 0.05) is 24.9 Å². The minimum atomic E-state index is -0.225. The Kier molecular flexibility index (Phi) is 7.85. The Morgan fingerprint density at radius 2 is 1.73 bits per heavy atom. The number of aryl methyl sites for hydroxylation is 2. The third-order valence-corrected chi connectivity index (χ3v) is 4.72.